The van der Waals surface area contributed by atoms with E-state index in [1.807, 2.05) is 12.1 Å². The summed E-state index contributed by atoms with van der Waals surface area (Å²) in [6.45, 7) is 11.1. The van der Waals surface area contributed by atoms with E-state index in [1.165, 1.54) is 15.9 Å². The van der Waals surface area contributed by atoms with Crippen LogP contribution in [0.15, 0.2) is 99.3 Å². The highest BCUT2D eigenvalue weighted by Crippen LogP contribution is 2.44. The van der Waals surface area contributed by atoms with E-state index < -0.39 is 0 Å². The maximum Gasteiger partial charge on any atom is 0.234 e. The first kappa shape index (κ1) is 34.4. The molecule has 0 amide bonds. The van der Waals surface area contributed by atoms with Crippen molar-refractivity contribution in [3.8, 4) is 34.7 Å². The van der Waals surface area contributed by atoms with Crippen LogP contribution < -0.4 is 4.74 Å². The van der Waals surface area contributed by atoms with Gasteiger partial charge in [-0.2, -0.15) is 5.26 Å². The van der Waals surface area contributed by atoms with Gasteiger partial charge in [-0.05, 0) is 85.1 Å². The van der Waals surface area contributed by atoms with E-state index in [0.29, 0.717) is 72.7 Å². The van der Waals surface area contributed by atoms with Gasteiger partial charge in [0.05, 0.1) is 41.4 Å². The third kappa shape index (κ3) is 5.53. The SMILES string of the molecule is [C-]#[N+]c1c(C)c(N=Nc2ccc(-c3ccc(N=Nc4c(C)c(C#N)c5nc6cc(Cl)ccc6n5c4O)c(C=O)c3)cc2OC)c(O)n2c1nc1ccccc12. The van der Waals surface area contributed by atoms with Gasteiger partial charge in [0.1, 0.15) is 34.4 Å². The largest absolute Gasteiger partial charge is 0.494 e. The number of aldehydes is 1. The summed E-state index contributed by atoms with van der Waals surface area (Å²) in [6, 6.07) is 24.5. The zero-order valence-corrected chi connectivity index (χ0v) is 29.9. The molecule has 0 saturated carbocycles. The second-order valence-electron chi connectivity index (χ2n) is 12.4. The van der Waals surface area contributed by atoms with Crippen molar-refractivity contribution in [1.82, 2.24) is 18.8 Å². The van der Waals surface area contributed by atoms with Gasteiger partial charge in [0.25, 0.3) is 0 Å². The minimum atomic E-state index is -0.276. The van der Waals surface area contributed by atoms with Crippen molar-refractivity contribution in [2.75, 3.05) is 7.11 Å². The van der Waals surface area contributed by atoms with Crippen molar-refractivity contribution >= 4 is 79.7 Å². The van der Waals surface area contributed by atoms with E-state index in [2.05, 4.69) is 41.3 Å². The number of halogens is 1. The fourth-order valence-electron chi connectivity index (χ4n) is 6.52. The lowest BCUT2D eigenvalue weighted by Gasteiger charge is -2.11. The van der Waals surface area contributed by atoms with E-state index in [0.717, 1.165) is 0 Å². The molecule has 0 aliphatic rings. The van der Waals surface area contributed by atoms with Crippen LogP contribution in [0.25, 0.3) is 49.3 Å². The summed E-state index contributed by atoms with van der Waals surface area (Å²) in [5.41, 5.74) is 6.37. The number of hydrogen-bond acceptors (Lipinski definition) is 11. The first-order valence-electron chi connectivity index (χ1n) is 16.5. The molecular formula is C40H25ClN10O4. The van der Waals surface area contributed by atoms with Gasteiger partial charge < -0.3 is 14.9 Å². The number of nitrogens with zero attached hydrogens (tertiary/aromatic N) is 10. The van der Waals surface area contributed by atoms with Crippen molar-refractivity contribution in [1.29, 1.82) is 5.26 Å². The Morgan fingerprint density at radius 2 is 1.45 bits per heavy atom. The van der Waals surface area contributed by atoms with Crippen molar-refractivity contribution in [2.24, 2.45) is 20.5 Å². The fourth-order valence-corrected chi connectivity index (χ4v) is 6.69. The maximum absolute atomic E-state index is 12.3. The Hall–Kier alpha value is -7.68. The van der Waals surface area contributed by atoms with Crippen LogP contribution in [-0.2, 0) is 0 Å². The molecule has 0 fully saturated rings. The summed E-state index contributed by atoms with van der Waals surface area (Å²) in [4.78, 5) is 25.0. The molecule has 4 aromatic heterocycles. The maximum atomic E-state index is 12.3. The lowest BCUT2D eigenvalue weighted by molar-refractivity contribution is 0.112. The number of methoxy groups -OCH3 is 1. The lowest BCUT2D eigenvalue weighted by Crippen LogP contribution is -1.95. The van der Waals surface area contributed by atoms with E-state index in [4.69, 9.17) is 22.9 Å². The smallest absolute Gasteiger partial charge is 0.234 e. The number of ether oxygens (including phenoxy) is 1. The van der Waals surface area contributed by atoms with E-state index in [1.54, 1.807) is 80.6 Å². The summed E-state index contributed by atoms with van der Waals surface area (Å²) in [5.74, 6) is -0.122. The molecule has 15 heteroatoms. The molecule has 0 unspecified atom stereocenters. The minimum Gasteiger partial charge on any atom is -0.494 e. The van der Waals surface area contributed by atoms with E-state index in [-0.39, 0.29) is 51.3 Å². The second kappa shape index (κ2) is 13.4. The molecule has 55 heavy (non-hydrogen) atoms. The van der Waals surface area contributed by atoms with Gasteiger partial charge in [-0.15, -0.1) is 20.5 Å². The van der Waals surface area contributed by atoms with Crippen molar-refractivity contribution in [3.05, 3.63) is 118 Å². The quantitative estimate of drug-likeness (QED) is 0.0925. The van der Waals surface area contributed by atoms with Gasteiger partial charge in [0.15, 0.2) is 17.6 Å². The monoisotopic (exact) mass is 744 g/mol. The number of nitriles is 1. The molecular weight excluding hydrogens is 720 g/mol. The number of fused-ring (bicyclic) bond motifs is 6. The average molecular weight is 745 g/mol. The number of benzene rings is 4. The predicted molar refractivity (Wildman–Crippen MR) is 206 cm³/mol. The van der Waals surface area contributed by atoms with Crippen molar-refractivity contribution in [2.45, 2.75) is 13.8 Å². The molecule has 4 aromatic carbocycles. The average Bonchev–Trinajstić information content (AvgIpc) is 3.77. The summed E-state index contributed by atoms with van der Waals surface area (Å²) in [6.07, 6.45) is 0.647. The Labute approximate surface area is 316 Å². The van der Waals surface area contributed by atoms with Gasteiger partial charge in [-0.25, -0.2) is 14.8 Å². The molecule has 0 bridgehead atoms. The van der Waals surface area contributed by atoms with Crippen LogP contribution in [0.5, 0.6) is 17.5 Å². The van der Waals surface area contributed by atoms with Gasteiger partial charge in [-0.3, -0.25) is 13.6 Å². The number of para-hydroxylation sites is 2. The number of carbonyl (C=O) groups excluding carboxylic acids is 1. The summed E-state index contributed by atoms with van der Waals surface area (Å²) in [7, 11) is 1.48. The number of aromatic hydroxyl groups is 2. The number of imidazole rings is 2. The standard InChI is InChI=1S/C40H25ClN10O4/c1-20-26(18-42)37-45-30-17-25(41)11-14-32(30)50(37)39(53)35(20)48-46-27-12-9-22(15-24(27)19-52)23-10-13-29(33(16-23)55-4)47-49-36-21(2)34(43-3)38-44-28-7-5-6-8-31(28)51(38)40(36)54/h5-17,19,53-54H,1-2,4H3. The molecule has 0 aliphatic heterocycles. The molecule has 8 rings (SSSR count). The van der Waals surface area contributed by atoms with Crippen LogP contribution >= 0.6 is 11.6 Å². The molecule has 14 nitrogen and oxygen atoms in total. The zero-order chi connectivity index (χ0) is 38.5. The summed E-state index contributed by atoms with van der Waals surface area (Å²) >= 11 is 6.15. The third-order valence-corrected chi connectivity index (χ3v) is 9.54. The first-order chi connectivity index (χ1) is 26.7. The minimum absolute atomic E-state index is 0.0424. The first-order valence-corrected chi connectivity index (χ1v) is 16.9. The summed E-state index contributed by atoms with van der Waals surface area (Å²) < 4.78 is 8.55. The van der Waals surface area contributed by atoms with Gasteiger partial charge in [0.2, 0.25) is 17.4 Å². The highest BCUT2D eigenvalue weighted by atomic mass is 35.5. The zero-order valence-electron chi connectivity index (χ0n) is 29.1. The van der Waals surface area contributed by atoms with Gasteiger partial charge in [-0.1, -0.05) is 35.9 Å². The van der Waals surface area contributed by atoms with Crippen LogP contribution in [0.2, 0.25) is 5.02 Å². The Morgan fingerprint density at radius 3 is 2.16 bits per heavy atom. The fraction of sp³-hybridized carbons (Fsp3) is 0.0750. The van der Waals surface area contributed by atoms with Crippen molar-refractivity contribution in [3.63, 3.8) is 0 Å². The topological polar surface area (TPSA) is 179 Å². The molecule has 2 N–H and O–H groups in total. The Kier molecular flexibility index (Phi) is 8.37. The molecule has 0 saturated heterocycles. The Bertz CT molecular complexity index is 3100. The molecule has 0 radical (unpaired) electrons. The normalized spacial score (nSPS) is 11.7. The van der Waals surface area contributed by atoms with E-state index in [9.17, 15) is 20.3 Å². The molecule has 8 aromatic rings. The molecule has 266 valence electrons. The number of rotatable bonds is 7. The number of pyridine rings is 2. The Balaban J connectivity index is 1.13. The third-order valence-electron chi connectivity index (χ3n) is 9.31. The van der Waals surface area contributed by atoms with Crippen LogP contribution in [0.4, 0.5) is 28.4 Å². The molecule has 0 aliphatic carbocycles. The summed E-state index contributed by atoms with van der Waals surface area (Å²) in [5, 5.41) is 50.4. The highest BCUT2D eigenvalue weighted by molar-refractivity contribution is 6.31. The molecule has 4 heterocycles. The Morgan fingerprint density at radius 1 is 0.818 bits per heavy atom. The van der Waals surface area contributed by atoms with Crippen LogP contribution in [0.3, 0.4) is 0 Å². The van der Waals surface area contributed by atoms with Gasteiger partial charge in [0, 0.05) is 16.1 Å². The number of carbonyl (C=O) groups is 1. The van der Waals surface area contributed by atoms with Crippen LogP contribution in [-0.4, -0.2) is 42.4 Å². The number of aromatic nitrogens is 4. The van der Waals surface area contributed by atoms with Crippen LogP contribution in [0.1, 0.15) is 27.0 Å². The van der Waals surface area contributed by atoms with Crippen LogP contribution in [0, 0.1) is 31.8 Å². The van der Waals surface area contributed by atoms with Gasteiger partial charge >= 0.3 is 0 Å². The number of hydrogen-bond donors (Lipinski definition) is 2. The van der Waals surface area contributed by atoms with Crippen molar-refractivity contribution < 1.29 is 19.7 Å². The highest BCUT2D eigenvalue weighted by Gasteiger charge is 2.22. The lowest BCUT2D eigenvalue weighted by atomic mass is 10.0. The predicted octanol–water partition coefficient (Wildman–Crippen LogP) is 10.7. The second-order valence-corrected chi connectivity index (χ2v) is 12.8. The number of azo groups is 2. The van der Waals surface area contributed by atoms with E-state index >= 15 is 0 Å². The molecule has 0 spiro atoms. The molecule has 0 atom stereocenters.